The monoisotopic (exact) mass is 349 g/mol. The molecule has 21 heavy (non-hydrogen) atoms. The quantitative estimate of drug-likeness (QED) is 0.744. The van der Waals surface area contributed by atoms with E-state index >= 15 is 0 Å². The van der Waals surface area contributed by atoms with Crippen LogP contribution in [0, 0.1) is 5.82 Å². The molecule has 0 bridgehead atoms. The van der Waals surface area contributed by atoms with E-state index in [1.165, 1.54) is 23.3 Å². The summed E-state index contributed by atoms with van der Waals surface area (Å²) in [7, 11) is 0. The molecule has 0 aliphatic rings. The summed E-state index contributed by atoms with van der Waals surface area (Å²) < 4.78 is 13.9. The van der Waals surface area contributed by atoms with E-state index in [0.29, 0.717) is 12.5 Å². The average molecular weight is 350 g/mol. The predicted octanol–water partition coefficient (Wildman–Crippen LogP) is 5.56. The molecule has 3 heteroatoms. The van der Waals surface area contributed by atoms with Gasteiger partial charge in [0.05, 0.1) is 0 Å². The van der Waals surface area contributed by atoms with Crippen molar-refractivity contribution in [1.29, 1.82) is 0 Å². The van der Waals surface area contributed by atoms with Gasteiger partial charge < -0.3 is 5.32 Å². The maximum Gasteiger partial charge on any atom is 0.124 e. The Bertz CT molecular complexity index is 593. The standard InChI is InChI=1S/C18H21BrFN/c1-12(2)14-4-6-15(7-5-14)13(3)21-11-16-8-9-17(20)10-18(16)19/h4-10,12-13,21H,11H2,1-3H3. The molecule has 1 nitrogen and oxygen atoms in total. The highest BCUT2D eigenvalue weighted by molar-refractivity contribution is 9.10. The second-order valence-electron chi connectivity index (χ2n) is 5.66. The van der Waals surface area contributed by atoms with E-state index in [2.05, 4.69) is 66.3 Å². The van der Waals surface area contributed by atoms with Gasteiger partial charge in [0.15, 0.2) is 0 Å². The molecule has 0 saturated heterocycles. The highest BCUT2D eigenvalue weighted by Gasteiger charge is 2.08. The fourth-order valence-electron chi connectivity index (χ4n) is 2.22. The van der Waals surface area contributed by atoms with Crippen molar-refractivity contribution in [2.75, 3.05) is 0 Å². The Morgan fingerprint density at radius 2 is 1.62 bits per heavy atom. The Kier molecular flexibility index (Phi) is 5.54. The molecule has 0 saturated carbocycles. The number of hydrogen-bond donors (Lipinski definition) is 1. The van der Waals surface area contributed by atoms with Crippen LogP contribution < -0.4 is 5.32 Å². The molecular formula is C18H21BrFN. The van der Waals surface area contributed by atoms with Crippen LogP contribution in [-0.2, 0) is 6.54 Å². The second-order valence-corrected chi connectivity index (χ2v) is 6.51. The Balaban J connectivity index is 1.99. The maximum absolute atomic E-state index is 13.1. The molecule has 1 atom stereocenters. The molecule has 1 N–H and O–H groups in total. The van der Waals surface area contributed by atoms with Gasteiger partial charge in [0, 0.05) is 17.1 Å². The van der Waals surface area contributed by atoms with Gasteiger partial charge in [0.2, 0.25) is 0 Å². The molecule has 1 unspecified atom stereocenters. The predicted molar refractivity (Wildman–Crippen MR) is 89.9 cm³/mol. The van der Waals surface area contributed by atoms with Gasteiger partial charge in [-0.1, -0.05) is 60.1 Å². The summed E-state index contributed by atoms with van der Waals surface area (Å²) >= 11 is 3.40. The van der Waals surface area contributed by atoms with Gasteiger partial charge >= 0.3 is 0 Å². The van der Waals surface area contributed by atoms with E-state index in [1.807, 2.05) is 0 Å². The fourth-order valence-corrected chi connectivity index (χ4v) is 2.71. The minimum Gasteiger partial charge on any atom is -0.306 e. The van der Waals surface area contributed by atoms with Crippen LogP contribution in [0.2, 0.25) is 0 Å². The number of halogens is 2. The minimum atomic E-state index is -0.219. The van der Waals surface area contributed by atoms with Crippen LogP contribution in [-0.4, -0.2) is 0 Å². The number of rotatable bonds is 5. The van der Waals surface area contributed by atoms with Gasteiger partial charge in [-0.15, -0.1) is 0 Å². The first kappa shape index (κ1) is 16.2. The summed E-state index contributed by atoms with van der Waals surface area (Å²) in [5, 5.41) is 3.47. The number of nitrogens with one attached hydrogen (secondary N) is 1. The largest absolute Gasteiger partial charge is 0.306 e. The van der Waals surface area contributed by atoms with Crippen molar-refractivity contribution in [3.63, 3.8) is 0 Å². The normalized spacial score (nSPS) is 12.7. The van der Waals surface area contributed by atoms with Crippen LogP contribution in [0.1, 0.15) is 49.4 Å². The summed E-state index contributed by atoms with van der Waals surface area (Å²) in [6, 6.07) is 13.8. The molecule has 0 heterocycles. The summed E-state index contributed by atoms with van der Waals surface area (Å²) in [5.41, 5.74) is 3.67. The van der Waals surface area contributed by atoms with E-state index in [4.69, 9.17) is 0 Å². The zero-order chi connectivity index (χ0) is 15.4. The molecule has 2 rings (SSSR count). The summed E-state index contributed by atoms with van der Waals surface area (Å²) in [5.74, 6) is 0.334. The fraction of sp³-hybridized carbons (Fsp3) is 0.333. The third-order valence-electron chi connectivity index (χ3n) is 3.72. The van der Waals surface area contributed by atoms with Crippen LogP contribution in [0.4, 0.5) is 4.39 Å². The van der Waals surface area contributed by atoms with Crippen molar-refractivity contribution in [1.82, 2.24) is 5.32 Å². The van der Waals surface area contributed by atoms with Gasteiger partial charge in [-0.25, -0.2) is 4.39 Å². The zero-order valence-electron chi connectivity index (χ0n) is 12.7. The topological polar surface area (TPSA) is 12.0 Å². The number of hydrogen-bond acceptors (Lipinski definition) is 1. The first-order valence-corrected chi connectivity index (χ1v) is 8.04. The first-order chi connectivity index (χ1) is 9.97. The smallest absolute Gasteiger partial charge is 0.124 e. The number of benzene rings is 2. The van der Waals surface area contributed by atoms with Crippen molar-refractivity contribution in [3.8, 4) is 0 Å². The van der Waals surface area contributed by atoms with Crippen molar-refractivity contribution in [2.24, 2.45) is 0 Å². The second kappa shape index (κ2) is 7.19. The molecule has 112 valence electrons. The lowest BCUT2D eigenvalue weighted by atomic mass is 9.99. The Hall–Kier alpha value is -1.19. The van der Waals surface area contributed by atoms with Crippen LogP contribution in [0.25, 0.3) is 0 Å². The van der Waals surface area contributed by atoms with Crippen molar-refractivity contribution >= 4 is 15.9 Å². The third-order valence-corrected chi connectivity index (χ3v) is 4.46. The van der Waals surface area contributed by atoms with Gasteiger partial charge in [-0.3, -0.25) is 0 Å². The molecule has 0 spiro atoms. The van der Waals surface area contributed by atoms with E-state index in [-0.39, 0.29) is 11.9 Å². The molecular weight excluding hydrogens is 329 g/mol. The van der Waals surface area contributed by atoms with Gasteiger partial charge in [0.1, 0.15) is 5.82 Å². The van der Waals surface area contributed by atoms with Gasteiger partial charge in [-0.05, 0) is 41.7 Å². The van der Waals surface area contributed by atoms with Crippen LogP contribution >= 0.6 is 15.9 Å². The van der Waals surface area contributed by atoms with Gasteiger partial charge in [0.25, 0.3) is 0 Å². The molecule has 0 aliphatic heterocycles. The maximum atomic E-state index is 13.1. The van der Waals surface area contributed by atoms with E-state index in [0.717, 1.165) is 10.0 Å². The Morgan fingerprint density at radius 3 is 2.19 bits per heavy atom. The Morgan fingerprint density at radius 1 is 1.00 bits per heavy atom. The zero-order valence-corrected chi connectivity index (χ0v) is 14.2. The lowest BCUT2D eigenvalue weighted by molar-refractivity contribution is 0.571. The van der Waals surface area contributed by atoms with Crippen LogP contribution in [0.3, 0.4) is 0 Å². The first-order valence-electron chi connectivity index (χ1n) is 7.24. The highest BCUT2D eigenvalue weighted by Crippen LogP contribution is 2.21. The molecule has 0 amide bonds. The third kappa shape index (κ3) is 4.39. The lowest BCUT2D eigenvalue weighted by Crippen LogP contribution is -2.18. The molecule has 2 aromatic rings. The van der Waals surface area contributed by atoms with Crippen LogP contribution in [0.5, 0.6) is 0 Å². The van der Waals surface area contributed by atoms with E-state index in [1.54, 1.807) is 6.07 Å². The lowest BCUT2D eigenvalue weighted by Gasteiger charge is -2.16. The highest BCUT2D eigenvalue weighted by atomic mass is 79.9. The van der Waals surface area contributed by atoms with Crippen molar-refractivity contribution in [3.05, 3.63) is 69.4 Å². The summed E-state index contributed by atoms with van der Waals surface area (Å²) in [4.78, 5) is 0. The van der Waals surface area contributed by atoms with Crippen molar-refractivity contribution in [2.45, 2.75) is 39.3 Å². The molecule has 2 aromatic carbocycles. The summed E-state index contributed by atoms with van der Waals surface area (Å²) in [6.07, 6.45) is 0. The molecule has 0 fully saturated rings. The average Bonchev–Trinajstić information content (AvgIpc) is 2.46. The van der Waals surface area contributed by atoms with E-state index < -0.39 is 0 Å². The van der Waals surface area contributed by atoms with Crippen molar-refractivity contribution < 1.29 is 4.39 Å². The van der Waals surface area contributed by atoms with Crippen LogP contribution in [0.15, 0.2) is 46.9 Å². The SMILES string of the molecule is CC(C)c1ccc(C(C)NCc2ccc(F)cc2Br)cc1. The molecule has 0 radical (unpaired) electrons. The molecule has 0 aromatic heterocycles. The van der Waals surface area contributed by atoms with E-state index in [9.17, 15) is 4.39 Å². The minimum absolute atomic E-state index is 0.219. The summed E-state index contributed by atoms with van der Waals surface area (Å²) in [6.45, 7) is 7.24. The Labute approximate surface area is 134 Å². The van der Waals surface area contributed by atoms with Gasteiger partial charge in [-0.2, -0.15) is 0 Å². The molecule has 0 aliphatic carbocycles.